The molecule has 0 saturated heterocycles. The molecule has 8 nitrogen and oxygen atoms in total. The van der Waals surface area contributed by atoms with E-state index in [0.717, 1.165) is 0 Å². The topological polar surface area (TPSA) is 111 Å². The zero-order valence-corrected chi connectivity index (χ0v) is 9.36. The van der Waals surface area contributed by atoms with Crippen molar-refractivity contribution < 1.29 is 19.2 Å². The molecule has 2 heterocycles. The van der Waals surface area contributed by atoms with E-state index in [1.807, 2.05) is 0 Å². The van der Waals surface area contributed by atoms with Crippen LogP contribution in [0.4, 0.5) is 5.88 Å². The minimum absolute atomic E-state index is 0.0936. The number of furan rings is 1. The second kappa shape index (κ2) is 4.32. The predicted octanol–water partition coefficient (Wildman–Crippen LogP) is 1.44. The molecule has 0 aliphatic carbocycles. The molecule has 0 unspecified atom stereocenters. The Bertz CT molecular complexity index is 613. The van der Waals surface area contributed by atoms with Crippen molar-refractivity contribution in [1.82, 2.24) is 9.78 Å². The lowest BCUT2D eigenvalue weighted by Gasteiger charge is -2.01. The Morgan fingerprint density at radius 3 is 2.83 bits per heavy atom. The maximum atomic E-state index is 10.8. The third-order valence-electron chi connectivity index (χ3n) is 2.47. The molecule has 2 aromatic rings. The molecule has 0 bridgehead atoms. The summed E-state index contributed by atoms with van der Waals surface area (Å²) in [6.07, 6.45) is 1.23. The fourth-order valence-electron chi connectivity index (χ4n) is 1.51. The van der Waals surface area contributed by atoms with Gasteiger partial charge in [-0.25, -0.2) is 4.79 Å². The van der Waals surface area contributed by atoms with E-state index in [2.05, 4.69) is 5.10 Å². The molecule has 8 heteroatoms. The zero-order chi connectivity index (χ0) is 13.3. The summed E-state index contributed by atoms with van der Waals surface area (Å²) in [5.41, 5.74) is 0.553. The van der Waals surface area contributed by atoms with Gasteiger partial charge in [-0.2, -0.15) is 5.10 Å². The third kappa shape index (κ3) is 2.08. The van der Waals surface area contributed by atoms with Crippen LogP contribution >= 0.6 is 0 Å². The average Bonchev–Trinajstić information content (AvgIpc) is 2.87. The van der Waals surface area contributed by atoms with Gasteiger partial charge in [-0.05, 0) is 13.0 Å². The number of carboxylic acids is 1. The molecular formula is C10H9N3O5. The molecule has 0 saturated carbocycles. The highest BCUT2D eigenvalue weighted by Crippen LogP contribution is 2.17. The van der Waals surface area contributed by atoms with Crippen molar-refractivity contribution in [3.63, 3.8) is 0 Å². The minimum Gasteiger partial charge on any atom is -0.478 e. The molecule has 94 valence electrons. The van der Waals surface area contributed by atoms with Gasteiger partial charge in [-0.3, -0.25) is 14.8 Å². The Kier molecular flexibility index (Phi) is 2.84. The molecule has 0 aliphatic rings. The van der Waals surface area contributed by atoms with Gasteiger partial charge >= 0.3 is 11.9 Å². The van der Waals surface area contributed by atoms with Crippen molar-refractivity contribution in [1.29, 1.82) is 0 Å². The molecule has 0 atom stereocenters. The number of hydrogen-bond acceptors (Lipinski definition) is 5. The first-order chi connectivity index (χ1) is 8.49. The molecule has 0 spiro atoms. The van der Waals surface area contributed by atoms with Crippen LogP contribution in [0.3, 0.4) is 0 Å². The van der Waals surface area contributed by atoms with Crippen LogP contribution in [0.2, 0.25) is 0 Å². The van der Waals surface area contributed by atoms with Crippen LogP contribution in [0, 0.1) is 17.0 Å². The van der Waals surface area contributed by atoms with Crippen molar-refractivity contribution in [3.8, 4) is 0 Å². The van der Waals surface area contributed by atoms with Crippen molar-refractivity contribution in [3.05, 3.63) is 45.5 Å². The van der Waals surface area contributed by atoms with E-state index in [9.17, 15) is 14.9 Å². The van der Waals surface area contributed by atoms with Crippen molar-refractivity contribution in [2.75, 3.05) is 0 Å². The maximum absolute atomic E-state index is 10.8. The second-order valence-corrected chi connectivity index (χ2v) is 3.60. The van der Waals surface area contributed by atoms with Gasteiger partial charge in [-0.15, -0.1) is 0 Å². The number of aromatic nitrogens is 2. The summed E-state index contributed by atoms with van der Waals surface area (Å²) in [5.74, 6) is -1.08. The Hall–Kier alpha value is -2.64. The highest BCUT2D eigenvalue weighted by molar-refractivity contribution is 5.88. The number of nitrogens with zero attached hydrogens (tertiary/aromatic N) is 3. The van der Waals surface area contributed by atoms with E-state index < -0.39 is 10.9 Å². The summed E-state index contributed by atoms with van der Waals surface area (Å²) in [7, 11) is 0. The average molecular weight is 251 g/mol. The molecule has 2 rings (SSSR count). The molecule has 0 radical (unpaired) electrons. The molecule has 0 fully saturated rings. The largest absolute Gasteiger partial charge is 0.478 e. The summed E-state index contributed by atoms with van der Waals surface area (Å²) in [4.78, 5) is 20.6. The van der Waals surface area contributed by atoms with E-state index in [0.29, 0.717) is 11.5 Å². The molecular weight excluding hydrogens is 242 g/mol. The van der Waals surface area contributed by atoms with Gasteiger partial charge in [0, 0.05) is 0 Å². The van der Waals surface area contributed by atoms with Crippen molar-refractivity contribution in [2.45, 2.75) is 13.5 Å². The SMILES string of the molecule is Cc1c(C(=O)O)cnn1Cc1ccc([N+](=O)[O-])o1. The van der Waals surface area contributed by atoms with E-state index in [1.165, 1.54) is 23.0 Å². The Morgan fingerprint density at radius 1 is 1.61 bits per heavy atom. The highest BCUT2D eigenvalue weighted by Gasteiger charge is 2.16. The van der Waals surface area contributed by atoms with Crippen LogP contribution < -0.4 is 0 Å². The molecule has 0 aromatic carbocycles. The monoisotopic (exact) mass is 251 g/mol. The first-order valence-electron chi connectivity index (χ1n) is 4.98. The van der Waals surface area contributed by atoms with Crippen LogP contribution in [0.1, 0.15) is 21.8 Å². The summed E-state index contributed by atoms with van der Waals surface area (Å²) in [5, 5.41) is 23.2. The van der Waals surface area contributed by atoms with Gasteiger partial charge in [0.25, 0.3) is 0 Å². The summed E-state index contributed by atoms with van der Waals surface area (Å²) in [6.45, 7) is 1.75. The predicted molar refractivity (Wildman–Crippen MR) is 58.4 cm³/mol. The van der Waals surface area contributed by atoms with Crippen LogP contribution in [-0.2, 0) is 6.54 Å². The third-order valence-corrected chi connectivity index (χ3v) is 2.47. The van der Waals surface area contributed by atoms with Gasteiger partial charge < -0.3 is 9.52 Å². The van der Waals surface area contributed by atoms with Gasteiger partial charge in [0.15, 0.2) is 0 Å². The van der Waals surface area contributed by atoms with Gasteiger partial charge in [0.05, 0.1) is 24.5 Å². The van der Waals surface area contributed by atoms with Crippen LogP contribution in [0.25, 0.3) is 0 Å². The number of aromatic carboxylic acids is 1. The number of hydrogen-bond donors (Lipinski definition) is 1. The fourth-order valence-corrected chi connectivity index (χ4v) is 1.51. The second-order valence-electron chi connectivity index (χ2n) is 3.60. The Balaban J connectivity index is 2.23. The molecule has 0 aliphatic heterocycles. The molecule has 18 heavy (non-hydrogen) atoms. The first-order valence-corrected chi connectivity index (χ1v) is 4.98. The lowest BCUT2D eigenvalue weighted by atomic mass is 10.3. The lowest BCUT2D eigenvalue weighted by Crippen LogP contribution is -2.05. The number of carbonyl (C=O) groups is 1. The molecule has 1 N–H and O–H groups in total. The van der Waals surface area contributed by atoms with Gasteiger partial charge in [0.2, 0.25) is 0 Å². The van der Waals surface area contributed by atoms with Crippen molar-refractivity contribution >= 4 is 11.9 Å². The maximum Gasteiger partial charge on any atom is 0.433 e. The summed E-state index contributed by atoms with van der Waals surface area (Å²) >= 11 is 0. The van der Waals surface area contributed by atoms with E-state index in [-0.39, 0.29) is 18.0 Å². The normalized spacial score (nSPS) is 10.5. The van der Waals surface area contributed by atoms with Gasteiger partial charge in [0.1, 0.15) is 16.2 Å². The van der Waals surface area contributed by atoms with Crippen LogP contribution in [0.15, 0.2) is 22.7 Å². The lowest BCUT2D eigenvalue weighted by molar-refractivity contribution is -0.402. The highest BCUT2D eigenvalue weighted by atomic mass is 16.6. The van der Waals surface area contributed by atoms with Crippen molar-refractivity contribution in [2.24, 2.45) is 0 Å². The van der Waals surface area contributed by atoms with E-state index in [1.54, 1.807) is 6.92 Å². The number of carboxylic acid groups (broad SMARTS) is 1. The first kappa shape index (κ1) is 11.8. The molecule has 2 aromatic heterocycles. The minimum atomic E-state index is -1.07. The fraction of sp³-hybridized carbons (Fsp3) is 0.200. The standard InChI is InChI=1S/C10H9N3O5/c1-6-8(10(14)15)4-11-12(6)5-7-2-3-9(18-7)13(16)17/h2-4H,5H2,1H3,(H,14,15). The van der Waals surface area contributed by atoms with Crippen LogP contribution in [-0.4, -0.2) is 25.8 Å². The summed E-state index contributed by atoms with van der Waals surface area (Å²) < 4.78 is 6.38. The Morgan fingerprint density at radius 2 is 2.33 bits per heavy atom. The summed E-state index contributed by atoms with van der Waals surface area (Å²) in [6, 6.07) is 2.70. The zero-order valence-electron chi connectivity index (χ0n) is 9.36. The number of nitro groups is 1. The van der Waals surface area contributed by atoms with Gasteiger partial charge in [-0.1, -0.05) is 0 Å². The van der Waals surface area contributed by atoms with Crippen LogP contribution in [0.5, 0.6) is 0 Å². The molecule has 0 amide bonds. The number of rotatable bonds is 4. The van der Waals surface area contributed by atoms with E-state index in [4.69, 9.17) is 9.52 Å². The smallest absolute Gasteiger partial charge is 0.433 e. The Labute approximate surface area is 101 Å². The van der Waals surface area contributed by atoms with E-state index >= 15 is 0 Å². The quantitative estimate of drug-likeness (QED) is 0.650.